The molecular weight excluding hydrogens is 512 g/mol. The van der Waals surface area contributed by atoms with E-state index in [-0.39, 0.29) is 49.8 Å². The summed E-state index contributed by atoms with van der Waals surface area (Å²) in [6.45, 7) is 1.24. The molecule has 4 aliphatic rings. The predicted octanol–water partition coefficient (Wildman–Crippen LogP) is 3.64. The van der Waals surface area contributed by atoms with Gasteiger partial charge in [-0.25, -0.2) is 0 Å². The Bertz CT molecular complexity index is 1470. The molecule has 3 aromatic rings. The fraction of sp³-hybridized carbons (Fsp3) is 0.355. The molecule has 4 heterocycles. The van der Waals surface area contributed by atoms with Crippen LogP contribution < -0.4 is 19.5 Å². The molecule has 0 saturated carbocycles. The lowest BCUT2D eigenvalue weighted by molar-refractivity contribution is -0.149. The van der Waals surface area contributed by atoms with Crippen LogP contribution in [0.2, 0.25) is 0 Å². The number of ether oxygens (including phenoxy) is 4. The van der Waals surface area contributed by atoms with Crippen LogP contribution in [0.1, 0.15) is 45.8 Å². The zero-order valence-corrected chi connectivity index (χ0v) is 21.9. The fourth-order valence-electron chi connectivity index (χ4n) is 6.24. The molecule has 2 amide bonds. The normalized spacial score (nSPS) is 24.0. The first-order chi connectivity index (χ1) is 19.6. The van der Waals surface area contributed by atoms with E-state index in [1.807, 2.05) is 29.2 Å². The third-order valence-corrected chi connectivity index (χ3v) is 8.28. The summed E-state index contributed by atoms with van der Waals surface area (Å²) in [7, 11) is 0. The van der Waals surface area contributed by atoms with Crippen LogP contribution >= 0.6 is 0 Å². The number of aliphatic hydroxyl groups excluding tert-OH is 1. The van der Waals surface area contributed by atoms with Crippen LogP contribution in [0, 0.1) is 0 Å². The van der Waals surface area contributed by atoms with Gasteiger partial charge < -0.3 is 34.3 Å². The van der Waals surface area contributed by atoms with Crippen molar-refractivity contribution in [3.63, 3.8) is 0 Å². The van der Waals surface area contributed by atoms with Gasteiger partial charge in [0.15, 0.2) is 11.5 Å². The van der Waals surface area contributed by atoms with E-state index in [2.05, 4.69) is 17.4 Å². The minimum Gasteiger partial charge on any atom is -0.487 e. The van der Waals surface area contributed by atoms with Crippen molar-refractivity contribution in [1.82, 2.24) is 4.90 Å². The van der Waals surface area contributed by atoms with Gasteiger partial charge in [0.1, 0.15) is 18.0 Å². The molecule has 0 bridgehead atoms. The van der Waals surface area contributed by atoms with Crippen LogP contribution in [0.25, 0.3) is 0 Å². The first kappa shape index (κ1) is 24.9. The molecular formula is C31H30N2O7. The van der Waals surface area contributed by atoms with E-state index in [1.165, 1.54) is 11.1 Å². The lowest BCUT2D eigenvalue weighted by atomic mass is 9.84. The van der Waals surface area contributed by atoms with E-state index >= 15 is 0 Å². The van der Waals surface area contributed by atoms with E-state index < -0.39 is 6.10 Å². The van der Waals surface area contributed by atoms with Crippen molar-refractivity contribution in [3.8, 4) is 17.2 Å². The fourth-order valence-corrected chi connectivity index (χ4v) is 6.24. The van der Waals surface area contributed by atoms with Crippen molar-refractivity contribution >= 4 is 17.5 Å². The van der Waals surface area contributed by atoms with Crippen molar-refractivity contribution in [1.29, 1.82) is 0 Å². The summed E-state index contributed by atoms with van der Waals surface area (Å²) in [5.41, 5.74) is 4.53. The Morgan fingerprint density at radius 3 is 2.67 bits per heavy atom. The summed E-state index contributed by atoms with van der Waals surface area (Å²) in [6, 6.07) is 18.9. The lowest BCUT2D eigenvalue weighted by Gasteiger charge is -2.38. The number of benzene rings is 3. The third kappa shape index (κ3) is 4.55. The van der Waals surface area contributed by atoms with Gasteiger partial charge in [0.05, 0.1) is 19.1 Å². The first-order valence-corrected chi connectivity index (χ1v) is 13.7. The molecule has 1 saturated heterocycles. The van der Waals surface area contributed by atoms with E-state index in [4.69, 9.17) is 18.9 Å². The SMILES string of the molecule is O=C(Nc1ccc2c(c1)[C@@H]1C[C@H](CC(=O)N3CCc4ccccc4C3)O[C@@H](CO)[C@@H]1O2)c1ccc2c(c1)OCO2. The molecule has 7 rings (SSSR count). The second kappa shape index (κ2) is 10.1. The molecule has 206 valence electrons. The molecule has 9 heteroatoms. The highest BCUT2D eigenvalue weighted by atomic mass is 16.7. The molecule has 0 aromatic heterocycles. The Morgan fingerprint density at radius 2 is 1.80 bits per heavy atom. The molecule has 40 heavy (non-hydrogen) atoms. The highest BCUT2D eigenvalue weighted by Gasteiger charge is 2.46. The van der Waals surface area contributed by atoms with Gasteiger partial charge in [-0.3, -0.25) is 9.59 Å². The van der Waals surface area contributed by atoms with Crippen LogP contribution in [0.15, 0.2) is 60.7 Å². The van der Waals surface area contributed by atoms with Gasteiger partial charge >= 0.3 is 0 Å². The Kier molecular flexibility index (Phi) is 6.32. The topological polar surface area (TPSA) is 107 Å². The second-order valence-electron chi connectivity index (χ2n) is 10.7. The second-order valence-corrected chi connectivity index (χ2v) is 10.7. The molecule has 0 radical (unpaired) electrons. The standard InChI is InChI=1S/C31H30N2O7/c34-16-28-30-24(13-22(39-28)14-29(35)33-10-9-18-3-1-2-4-20(18)15-33)23-12-21(6-8-25(23)40-30)32-31(36)19-5-7-26-27(11-19)38-17-37-26/h1-8,11-12,22,24,28,30,34H,9-10,13-17H2,(H,32,36)/t22-,24+,28+,30-/m1/s1. The summed E-state index contributed by atoms with van der Waals surface area (Å²) in [4.78, 5) is 28.1. The number of hydrogen-bond donors (Lipinski definition) is 2. The number of rotatable bonds is 5. The largest absolute Gasteiger partial charge is 0.487 e. The monoisotopic (exact) mass is 542 g/mol. The molecule has 0 spiro atoms. The number of carbonyl (C=O) groups is 2. The number of nitrogens with one attached hydrogen (secondary N) is 1. The van der Waals surface area contributed by atoms with Crippen molar-refractivity contribution in [2.75, 3.05) is 25.3 Å². The number of hydrogen-bond acceptors (Lipinski definition) is 7. The average molecular weight is 543 g/mol. The van der Waals surface area contributed by atoms with Crippen LogP contribution in [0.3, 0.4) is 0 Å². The van der Waals surface area contributed by atoms with Gasteiger partial charge in [-0.05, 0) is 60.4 Å². The van der Waals surface area contributed by atoms with Crippen LogP contribution in [-0.4, -0.2) is 60.1 Å². The Balaban J connectivity index is 1.05. The average Bonchev–Trinajstić information content (AvgIpc) is 3.60. The van der Waals surface area contributed by atoms with Gasteiger partial charge in [0.2, 0.25) is 12.7 Å². The van der Waals surface area contributed by atoms with E-state index in [9.17, 15) is 14.7 Å². The zero-order valence-electron chi connectivity index (χ0n) is 21.9. The van der Waals surface area contributed by atoms with Crippen LogP contribution in [0.4, 0.5) is 5.69 Å². The summed E-state index contributed by atoms with van der Waals surface area (Å²) >= 11 is 0. The summed E-state index contributed by atoms with van der Waals surface area (Å²) in [5, 5.41) is 13.1. The Morgan fingerprint density at radius 1 is 0.975 bits per heavy atom. The number of nitrogens with zero attached hydrogens (tertiary/aromatic N) is 1. The molecule has 0 aliphatic carbocycles. The molecule has 4 atom stereocenters. The van der Waals surface area contributed by atoms with Gasteiger partial charge in [-0.1, -0.05) is 24.3 Å². The molecule has 3 aromatic carbocycles. The first-order valence-electron chi connectivity index (χ1n) is 13.7. The highest BCUT2D eigenvalue weighted by molar-refractivity contribution is 6.04. The Labute approximate surface area is 231 Å². The Hall–Kier alpha value is -4.08. The van der Waals surface area contributed by atoms with Crippen LogP contribution in [-0.2, 0) is 22.5 Å². The van der Waals surface area contributed by atoms with Crippen molar-refractivity contribution < 1.29 is 33.6 Å². The van der Waals surface area contributed by atoms with E-state index in [1.54, 1.807) is 24.3 Å². The quantitative estimate of drug-likeness (QED) is 0.507. The van der Waals surface area contributed by atoms with Gasteiger partial charge in [0, 0.05) is 35.8 Å². The number of fused-ring (bicyclic) bond motifs is 5. The lowest BCUT2D eigenvalue weighted by Crippen LogP contribution is -2.48. The smallest absolute Gasteiger partial charge is 0.255 e. The van der Waals surface area contributed by atoms with Crippen molar-refractivity contribution in [3.05, 3.63) is 82.9 Å². The maximum Gasteiger partial charge on any atom is 0.255 e. The van der Waals surface area contributed by atoms with Gasteiger partial charge in [-0.2, -0.15) is 0 Å². The van der Waals surface area contributed by atoms with E-state index in [0.717, 1.165) is 12.0 Å². The molecule has 9 nitrogen and oxygen atoms in total. The number of amides is 2. The van der Waals surface area contributed by atoms with Crippen molar-refractivity contribution in [2.24, 2.45) is 0 Å². The minimum absolute atomic E-state index is 0.0542. The summed E-state index contributed by atoms with van der Waals surface area (Å²) in [6.07, 6.45) is 0.441. The summed E-state index contributed by atoms with van der Waals surface area (Å²) < 4.78 is 23.1. The molecule has 0 unspecified atom stereocenters. The number of aliphatic hydroxyl groups is 1. The summed E-state index contributed by atoms with van der Waals surface area (Å²) in [5.74, 6) is 1.60. The third-order valence-electron chi connectivity index (χ3n) is 8.28. The van der Waals surface area contributed by atoms with Crippen LogP contribution in [0.5, 0.6) is 17.2 Å². The maximum absolute atomic E-state index is 13.3. The molecule has 1 fully saturated rings. The predicted molar refractivity (Wildman–Crippen MR) is 145 cm³/mol. The number of carbonyl (C=O) groups excluding carboxylic acids is 2. The van der Waals surface area contributed by atoms with E-state index in [0.29, 0.717) is 48.0 Å². The minimum atomic E-state index is -0.544. The van der Waals surface area contributed by atoms with Gasteiger partial charge in [-0.15, -0.1) is 0 Å². The molecule has 4 aliphatic heterocycles. The highest BCUT2D eigenvalue weighted by Crippen LogP contribution is 2.47. The zero-order chi connectivity index (χ0) is 27.2. The van der Waals surface area contributed by atoms with Gasteiger partial charge in [0.25, 0.3) is 5.91 Å². The maximum atomic E-state index is 13.3. The molecule has 2 N–H and O–H groups in total. The number of anilines is 1. The van der Waals surface area contributed by atoms with Crippen molar-refractivity contribution in [2.45, 2.75) is 50.0 Å².